The second-order valence-electron chi connectivity index (χ2n) is 6.85. The van der Waals surface area contributed by atoms with Crippen molar-refractivity contribution in [2.45, 2.75) is 32.2 Å². The van der Waals surface area contributed by atoms with Crippen molar-refractivity contribution >= 4 is 28.9 Å². The number of anilines is 1. The molecule has 9 heteroatoms. The first-order chi connectivity index (χ1) is 14.0. The fourth-order valence-corrected chi connectivity index (χ4v) is 3.60. The molecule has 2 aromatic carbocycles. The Balaban J connectivity index is 1.60. The van der Waals surface area contributed by atoms with Gasteiger partial charge in [0.2, 0.25) is 0 Å². The van der Waals surface area contributed by atoms with Crippen LogP contribution < -0.4 is 5.32 Å². The van der Waals surface area contributed by atoms with Crippen LogP contribution in [0.3, 0.4) is 0 Å². The standard InChI is InChI=1S/C20H18ClN5O3/c21-17-10-7-14(22-20(27)13-5-8-15(9-6-13)26(28)29)12-16(17)19-24-23-18-4-2-1-3-11-25(18)19/h5-10,12H,1-4,11H2,(H,22,27). The van der Waals surface area contributed by atoms with Gasteiger partial charge in [-0.2, -0.15) is 0 Å². The van der Waals surface area contributed by atoms with Crippen LogP contribution in [0, 0.1) is 10.1 Å². The summed E-state index contributed by atoms with van der Waals surface area (Å²) >= 11 is 6.41. The molecule has 0 saturated heterocycles. The molecular weight excluding hydrogens is 394 g/mol. The van der Waals surface area contributed by atoms with Crippen LogP contribution in [0.4, 0.5) is 11.4 Å². The molecule has 1 aliphatic rings. The van der Waals surface area contributed by atoms with Crippen LogP contribution in [0.15, 0.2) is 42.5 Å². The minimum Gasteiger partial charge on any atom is -0.322 e. The number of aryl methyl sites for hydroxylation is 1. The average molecular weight is 412 g/mol. The summed E-state index contributed by atoms with van der Waals surface area (Å²) in [6.45, 7) is 0.841. The molecule has 1 aromatic heterocycles. The predicted molar refractivity (Wildman–Crippen MR) is 109 cm³/mol. The number of hydrogen-bond donors (Lipinski definition) is 1. The Morgan fingerprint density at radius 2 is 1.90 bits per heavy atom. The SMILES string of the molecule is O=C(Nc1ccc(Cl)c(-c2nnc3n2CCCCC3)c1)c1ccc([N+](=O)[O-])cc1. The third kappa shape index (κ3) is 3.97. The fraction of sp³-hybridized carbons (Fsp3) is 0.250. The summed E-state index contributed by atoms with van der Waals surface area (Å²) in [4.78, 5) is 22.8. The maximum atomic E-state index is 12.5. The molecule has 29 heavy (non-hydrogen) atoms. The third-order valence-corrected chi connectivity index (χ3v) is 5.24. The maximum Gasteiger partial charge on any atom is 0.269 e. The number of benzene rings is 2. The molecular formula is C20H18ClN5O3. The molecule has 1 N–H and O–H groups in total. The van der Waals surface area contributed by atoms with E-state index in [1.54, 1.807) is 18.2 Å². The highest BCUT2D eigenvalue weighted by Gasteiger charge is 2.19. The van der Waals surface area contributed by atoms with Crippen LogP contribution in [0.2, 0.25) is 5.02 Å². The zero-order valence-electron chi connectivity index (χ0n) is 15.5. The molecule has 1 amide bonds. The van der Waals surface area contributed by atoms with Crippen LogP contribution in [0.5, 0.6) is 0 Å². The number of nitrogens with zero attached hydrogens (tertiary/aromatic N) is 4. The molecule has 148 valence electrons. The van der Waals surface area contributed by atoms with Gasteiger partial charge in [-0.25, -0.2) is 0 Å². The van der Waals surface area contributed by atoms with E-state index in [0.717, 1.165) is 38.1 Å². The number of carbonyl (C=O) groups is 1. The molecule has 2 heterocycles. The first-order valence-electron chi connectivity index (χ1n) is 9.31. The minimum absolute atomic E-state index is 0.0668. The number of nitro groups is 1. The van der Waals surface area contributed by atoms with Gasteiger partial charge in [0.05, 0.1) is 9.95 Å². The van der Waals surface area contributed by atoms with E-state index in [0.29, 0.717) is 27.7 Å². The van der Waals surface area contributed by atoms with Crippen molar-refractivity contribution in [1.29, 1.82) is 0 Å². The van der Waals surface area contributed by atoms with Crippen molar-refractivity contribution in [2.75, 3.05) is 5.32 Å². The number of nitro benzene ring substituents is 1. The summed E-state index contributed by atoms with van der Waals surface area (Å²) in [6.07, 6.45) is 4.20. The van der Waals surface area contributed by atoms with E-state index < -0.39 is 4.92 Å². The number of carbonyl (C=O) groups excluding carboxylic acids is 1. The fourth-order valence-electron chi connectivity index (χ4n) is 3.40. The van der Waals surface area contributed by atoms with Crippen LogP contribution in [0.25, 0.3) is 11.4 Å². The summed E-state index contributed by atoms with van der Waals surface area (Å²) < 4.78 is 2.09. The number of halogens is 1. The van der Waals surface area contributed by atoms with Crippen LogP contribution in [0.1, 0.15) is 35.4 Å². The van der Waals surface area contributed by atoms with Crippen molar-refractivity contribution in [1.82, 2.24) is 14.8 Å². The van der Waals surface area contributed by atoms with Gasteiger partial charge >= 0.3 is 0 Å². The Morgan fingerprint density at radius 3 is 2.66 bits per heavy atom. The Bertz CT molecular complexity index is 1080. The summed E-state index contributed by atoms with van der Waals surface area (Å²) in [7, 11) is 0. The first-order valence-corrected chi connectivity index (χ1v) is 9.68. The maximum absolute atomic E-state index is 12.5. The van der Waals surface area contributed by atoms with Gasteiger partial charge in [-0.15, -0.1) is 10.2 Å². The number of fused-ring (bicyclic) bond motifs is 1. The van der Waals surface area contributed by atoms with Crippen molar-refractivity contribution in [3.05, 3.63) is 69.0 Å². The van der Waals surface area contributed by atoms with Gasteiger partial charge in [0.15, 0.2) is 5.82 Å². The van der Waals surface area contributed by atoms with Crippen molar-refractivity contribution in [2.24, 2.45) is 0 Å². The third-order valence-electron chi connectivity index (χ3n) is 4.91. The van der Waals surface area contributed by atoms with Crippen molar-refractivity contribution in [3.8, 4) is 11.4 Å². The molecule has 0 atom stereocenters. The van der Waals surface area contributed by atoms with Gasteiger partial charge in [0.1, 0.15) is 5.82 Å². The Labute approximate surface area is 171 Å². The Hall–Kier alpha value is -3.26. The number of non-ortho nitro benzene ring substituents is 1. The van der Waals surface area contributed by atoms with Crippen LogP contribution >= 0.6 is 11.6 Å². The van der Waals surface area contributed by atoms with Crippen molar-refractivity contribution < 1.29 is 9.72 Å². The molecule has 0 saturated carbocycles. The molecule has 0 unspecified atom stereocenters. The van der Waals surface area contributed by atoms with E-state index in [1.807, 2.05) is 0 Å². The molecule has 0 radical (unpaired) electrons. The molecule has 0 aliphatic carbocycles. The van der Waals surface area contributed by atoms with Crippen LogP contribution in [-0.2, 0) is 13.0 Å². The molecule has 1 aliphatic heterocycles. The lowest BCUT2D eigenvalue weighted by molar-refractivity contribution is -0.384. The largest absolute Gasteiger partial charge is 0.322 e. The zero-order chi connectivity index (χ0) is 20.4. The first kappa shape index (κ1) is 19.1. The van der Waals surface area contributed by atoms with E-state index in [9.17, 15) is 14.9 Å². The second-order valence-corrected chi connectivity index (χ2v) is 7.26. The number of aromatic nitrogens is 3. The van der Waals surface area contributed by atoms with E-state index >= 15 is 0 Å². The molecule has 4 rings (SSSR count). The lowest BCUT2D eigenvalue weighted by Gasteiger charge is -2.11. The van der Waals surface area contributed by atoms with E-state index in [2.05, 4.69) is 20.1 Å². The highest BCUT2D eigenvalue weighted by atomic mass is 35.5. The van der Waals surface area contributed by atoms with Gasteiger partial charge in [0, 0.05) is 41.9 Å². The van der Waals surface area contributed by atoms with Crippen molar-refractivity contribution in [3.63, 3.8) is 0 Å². The van der Waals surface area contributed by atoms with Gasteiger partial charge in [0.25, 0.3) is 11.6 Å². The molecule has 0 fully saturated rings. The summed E-state index contributed by atoms with van der Waals surface area (Å²) in [5.41, 5.74) is 1.51. The molecule has 8 nitrogen and oxygen atoms in total. The van der Waals surface area contributed by atoms with Crippen LogP contribution in [-0.4, -0.2) is 25.6 Å². The topological polar surface area (TPSA) is 103 Å². The second kappa shape index (κ2) is 8.00. The number of nitrogens with one attached hydrogen (secondary N) is 1. The number of rotatable bonds is 4. The van der Waals surface area contributed by atoms with E-state index in [4.69, 9.17) is 11.6 Å². The van der Waals surface area contributed by atoms with E-state index in [1.165, 1.54) is 24.3 Å². The quantitative estimate of drug-likeness (QED) is 0.503. The lowest BCUT2D eigenvalue weighted by atomic mass is 10.1. The summed E-state index contributed by atoms with van der Waals surface area (Å²) in [5, 5.41) is 22.7. The monoisotopic (exact) mass is 411 g/mol. The number of hydrogen-bond acceptors (Lipinski definition) is 5. The normalized spacial score (nSPS) is 13.4. The lowest BCUT2D eigenvalue weighted by Crippen LogP contribution is -2.12. The molecule has 3 aromatic rings. The molecule has 0 bridgehead atoms. The zero-order valence-corrected chi connectivity index (χ0v) is 16.2. The highest BCUT2D eigenvalue weighted by molar-refractivity contribution is 6.33. The highest BCUT2D eigenvalue weighted by Crippen LogP contribution is 2.31. The predicted octanol–water partition coefficient (Wildman–Crippen LogP) is 4.49. The number of amides is 1. The van der Waals surface area contributed by atoms with Gasteiger partial charge in [-0.3, -0.25) is 14.9 Å². The summed E-state index contributed by atoms with van der Waals surface area (Å²) in [5.74, 6) is 1.28. The van der Waals surface area contributed by atoms with Gasteiger partial charge < -0.3 is 9.88 Å². The Kier molecular flexibility index (Phi) is 5.26. The van der Waals surface area contributed by atoms with E-state index in [-0.39, 0.29) is 11.6 Å². The average Bonchev–Trinajstić information content (AvgIpc) is 2.97. The minimum atomic E-state index is -0.505. The van der Waals surface area contributed by atoms with Gasteiger partial charge in [-0.05, 0) is 43.2 Å². The Morgan fingerprint density at radius 1 is 1.10 bits per heavy atom. The molecule has 0 spiro atoms. The smallest absolute Gasteiger partial charge is 0.269 e. The summed E-state index contributed by atoms with van der Waals surface area (Å²) in [6, 6.07) is 10.6. The van der Waals surface area contributed by atoms with Gasteiger partial charge in [-0.1, -0.05) is 18.0 Å².